The third-order valence-corrected chi connectivity index (χ3v) is 5.71. The van der Waals surface area contributed by atoms with Crippen molar-refractivity contribution in [3.63, 3.8) is 0 Å². The maximum absolute atomic E-state index is 13.4. The van der Waals surface area contributed by atoms with E-state index in [0.717, 1.165) is 11.1 Å². The van der Waals surface area contributed by atoms with Gasteiger partial charge < -0.3 is 15.4 Å². The summed E-state index contributed by atoms with van der Waals surface area (Å²) in [7, 11) is -2.08. The van der Waals surface area contributed by atoms with Gasteiger partial charge in [0.1, 0.15) is 5.82 Å². The number of aliphatic imine (C=N–C) groups is 1. The Hall–Kier alpha value is -2.49. The van der Waals surface area contributed by atoms with Crippen molar-refractivity contribution in [3.05, 3.63) is 65.0 Å². The predicted molar refractivity (Wildman–Crippen MR) is 116 cm³/mol. The number of sulfonamides is 1. The Bertz CT molecular complexity index is 964. The summed E-state index contributed by atoms with van der Waals surface area (Å²) in [6.07, 6.45) is 0. The molecule has 0 saturated carbocycles. The van der Waals surface area contributed by atoms with E-state index < -0.39 is 10.0 Å². The van der Waals surface area contributed by atoms with Crippen LogP contribution in [0.1, 0.15) is 23.6 Å². The summed E-state index contributed by atoms with van der Waals surface area (Å²) >= 11 is 0. The molecule has 30 heavy (non-hydrogen) atoms. The fourth-order valence-corrected chi connectivity index (χ4v) is 3.77. The third-order valence-electron chi connectivity index (χ3n) is 4.25. The predicted octanol–water partition coefficient (Wildman–Crippen LogP) is 2.31. The second-order valence-electron chi connectivity index (χ2n) is 6.67. The second kappa shape index (κ2) is 11.6. The van der Waals surface area contributed by atoms with Crippen molar-refractivity contribution in [2.24, 2.45) is 4.99 Å². The maximum atomic E-state index is 13.4. The number of benzene rings is 2. The molecule has 0 amide bonds. The summed E-state index contributed by atoms with van der Waals surface area (Å²) in [5.74, 6) is 0.358. The summed E-state index contributed by atoms with van der Waals surface area (Å²) < 4.78 is 45.5. The van der Waals surface area contributed by atoms with Crippen LogP contribution in [0.3, 0.4) is 0 Å². The second-order valence-corrected chi connectivity index (χ2v) is 8.44. The fourth-order valence-electron chi connectivity index (χ4n) is 2.69. The average molecular weight is 437 g/mol. The normalized spacial score (nSPS) is 12.1. The average Bonchev–Trinajstić information content (AvgIpc) is 2.73. The number of nitrogens with one attached hydrogen (secondary N) is 3. The molecule has 0 fully saturated rings. The van der Waals surface area contributed by atoms with Crippen LogP contribution in [0, 0.1) is 12.7 Å². The van der Waals surface area contributed by atoms with Crippen molar-refractivity contribution in [1.82, 2.24) is 15.4 Å². The molecule has 0 spiro atoms. The van der Waals surface area contributed by atoms with Gasteiger partial charge >= 0.3 is 0 Å². The highest BCUT2D eigenvalue weighted by Crippen LogP contribution is 2.12. The Labute approximate surface area is 177 Å². The monoisotopic (exact) mass is 436 g/mol. The first kappa shape index (κ1) is 23.8. The Morgan fingerprint density at radius 2 is 1.93 bits per heavy atom. The molecule has 0 radical (unpaired) electrons. The minimum Gasteiger partial charge on any atom is -0.383 e. The fraction of sp³-hybridized carbons (Fsp3) is 0.381. The van der Waals surface area contributed by atoms with Crippen LogP contribution >= 0.6 is 0 Å². The van der Waals surface area contributed by atoms with Gasteiger partial charge in [-0.2, -0.15) is 0 Å². The quantitative estimate of drug-likeness (QED) is 0.302. The highest BCUT2D eigenvalue weighted by atomic mass is 32.2. The van der Waals surface area contributed by atoms with Crippen LogP contribution in [0.15, 0.2) is 52.4 Å². The molecule has 0 aliphatic heterocycles. The minimum atomic E-state index is -3.60. The van der Waals surface area contributed by atoms with Gasteiger partial charge in [-0.1, -0.05) is 24.3 Å². The highest BCUT2D eigenvalue weighted by molar-refractivity contribution is 7.89. The lowest BCUT2D eigenvalue weighted by molar-refractivity contribution is 0.204. The molecule has 2 aromatic rings. The summed E-state index contributed by atoms with van der Waals surface area (Å²) in [5, 5.41) is 6.35. The largest absolute Gasteiger partial charge is 0.383 e. The van der Waals surface area contributed by atoms with Crippen LogP contribution in [0.4, 0.5) is 4.39 Å². The Kier molecular flexibility index (Phi) is 9.22. The molecule has 0 heterocycles. The van der Waals surface area contributed by atoms with E-state index in [1.54, 1.807) is 37.3 Å². The van der Waals surface area contributed by atoms with E-state index in [1.807, 2.05) is 13.0 Å². The highest BCUT2D eigenvalue weighted by Gasteiger charge is 2.13. The van der Waals surface area contributed by atoms with Crippen LogP contribution < -0.4 is 15.4 Å². The van der Waals surface area contributed by atoms with E-state index in [-0.39, 0.29) is 17.3 Å². The molecule has 2 aromatic carbocycles. The first-order valence-corrected chi connectivity index (χ1v) is 11.2. The number of nitrogens with zero attached hydrogens (tertiary/aromatic N) is 1. The van der Waals surface area contributed by atoms with Gasteiger partial charge in [0.05, 0.1) is 18.0 Å². The maximum Gasteiger partial charge on any atom is 0.240 e. The van der Waals surface area contributed by atoms with Crippen molar-refractivity contribution in [2.75, 3.05) is 26.8 Å². The summed E-state index contributed by atoms with van der Waals surface area (Å²) in [6.45, 7) is 5.66. The minimum absolute atomic E-state index is 0.186. The van der Waals surface area contributed by atoms with Gasteiger partial charge in [-0.25, -0.2) is 22.5 Å². The topological polar surface area (TPSA) is 91.8 Å². The van der Waals surface area contributed by atoms with E-state index in [9.17, 15) is 12.8 Å². The van der Waals surface area contributed by atoms with E-state index >= 15 is 0 Å². The zero-order valence-corrected chi connectivity index (χ0v) is 18.4. The van der Waals surface area contributed by atoms with Crippen molar-refractivity contribution >= 4 is 16.0 Å². The number of hydrogen-bond donors (Lipinski definition) is 3. The Morgan fingerprint density at radius 3 is 2.63 bits per heavy atom. The number of halogens is 1. The molecule has 2 rings (SSSR count). The van der Waals surface area contributed by atoms with Gasteiger partial charge in [0, 0.05) is 26.7 Å². The zero-order chi connectivity index (χ0) is 22.0. The Morgan fingerprint density at radius 1 is 1.13 bits per heavy atom. The number of hydrogen-bond acceptors (Lipinski definition) is 4. The molecule has 0 aromatic heterocycles. The molecule has 9 heteroatoms. The van der Waals surface area contributed by atoms with Gasteiger partial charge in [-0.3, -0.25) is 0 Å². The lowest BCUT2D eigenvalue weighted by atomic mass is 10.1. The van der Waals surface area contributed by atoms with E-state index in [1.165, 1.54) is 13.2 Å². The molecule has 0 atom stereocenters. The molecular formula is C21H29FN4O3S. The van der Waals surface area contributed by atoms with Crippen molar-refractivity contribution in [2.45, 2.75) is 31.8 Å². The standard InChI is InChI=1S/C21H29FN4O3S/c1-4-23-21(25-15-18-8-9-20(22)16(2)12-18)24-14-17-6-5-7-19(13-17)30(27,28)26-10-11-29-3/h5-9,12-13,26H,4,10-11,14-15H2,1-3H3,(H2,23,24,25). The smallest absolute Gasteiger partial charge is 0.240 e. The van der Waals surface area contributed by atoms with Crippen LogP contribution in [-0.2, 0) is 27.8 Å². The van der Waals surface area contributed by atoms with Gasteiger partial charge in [0.25, 0.3) is 0 Å². The zero-order valence-electron chi connectivity index (χ0n) is 17.5. The number of guanidine groups is 1. The van der Waals surface area contributed by atoms with Gasteiger partial charge in [-0.15, -0.1) is 0 Å². The molecule has 164 valence electrons. The van der Waals surface area contributed by atoms with E-state index in [2.05, 4.69) is 20.3 Å². The number of aryl methyl sites for hydroxylation is 1. The lowest BCUT2D eigenvalue weighted by Crippen LogP contribution is -2.36. The van der Waals surface area contributed by atoms with Crippen LogP contribution in [0.25, 0.3) is 0 Å². The first-order chi connectivity index (χ1) is 14.4. The number of rotatable bonds is 10. The van der Waals surface area contributed by atoms with Crippen LogP contribution in [0.2, 0.25) is 0 Å². The number of methoxy groups -OCH3 is 1. The molecule has 0 aliphatic rings. The van der Waals surface area contributed by atoms with Crippen molar-refractivity contribution in [3.8, 4) is 0 Å². The summed E-state index contributed by atoms with van der Waals surface area (Å²) in [4.78, 5) is 4.71. The van der Waals surface area contributed by atoms with Crippen LogP contribution in [-0.4, -0.2) is 41.2 Å². The van der Waals surface area contributed by atoms with Gasteiger partial charge in [-0.05, 0) is 48.7 Å². The summed E-state index contributed by atoms with van der Waals surface area (Å²) in [6, 6.07) is 11.6. The van der Waals surface area contributed by atoms with Crippen molar-refractivity contribution < 1.29 is 17.5 Å². The third kappa shape index (κ3) is 7.40. The molecule has 3 N–H and O–H groups in total. The van der Waals surface area contributed by atoms with Gasteiger partial charge in [0.15, 0.2) is 5.96 Å². The first-order valence-electron chi connectivity index (χ1n) is 9.70. The molecule has 7 nitrogen and oxygen atoms in total. The molecular weight excluding hydrogens is 407 g/mol. The molecule has 0 aliphatic carbocycles. The van der Waals surface area contributed by atoms with Gasteiger partial charge in [0.2, 0.25) is 10.0 Å². The van der Waals surface area contributed by atoms with Crippen LogP contribution in [0.5, 0.6) is 0 Å². The SMILES string of the molecule is CCNC(=NCc1cccc(S(=O)(=O)NCCOC)c1)NCc1ccc(F)c(C)c1. The molecule has 0 saturated heterocycles. The summed E-state index contributed by atoms with van der Waals surface area (Å²) in [5.41, 5.74) is 2.29. The Balaban J connectivity index is 2.05. The lowest BCUT2D eigenvalue weighted by Gasteiger charge is -2.12. The van der Waals surface area contributed by atoms with Crippen molar-refractivity contribution in [1.29, 1.82) is 0 Å². The van der Waals surface area contributed by atoms with E-state index in [0.29, 0.717) is 37.8 Å². The molecule has 0 bridgehead atoms. The van der Waals surface area contributed by atoms with E-state index in [4.69, 9.17) is 4.74 Å². The number of ether oxygens (including phenoxy) is 1. The molecule has 0 unspecified atom stereocenters.